The second kappa shape index (κ2) is 2.68. The SMILES string of the molecule is O=C1NC(=O)C2(CCC(CO)O2)N1. The average Bonchev–Trinajstić information content (AvgIpc) is 2.59. The van der Waals surface area contributed by atoms with Gasteiger partial charge in [0.25, 0.3) is 5.91 Å². The van der Waals surface area contributed by atoms with E-state index in [0.29, 0.717) is 12.8 Å². The van der Waals surface area contributed by atoms with Crippen molar-refractivity contribution in [3.8, 4) is 0 Å². The molecule has 72 valence electrons. The number of nitrogens with one attached hydrogen (secondary N) is 2. The molecular formula is C7H10N2O4. The molecular weight excluding hydrogens is 176 g/mol. The first-order valence-corrected chi connectivity index (χ1v) is 4.08. The normalized spacial score (nSPS) is 38.1. The summed E-state index contributed by atoms with van der Waals surface area (Å²) >= 11 is 0. The highest BCUT2D eigenvalue weighted by Crippen LogP contribution is 2.30. The third kappa shape index (κ3) is 1.18. The van der Waals surface area contributed by atoms with Crippen molar-refractivity contribution in [2.45, 2.75) is 24.7 Å². The van der Waals surface area contributed by atoms with Gasteiger partial charge < -0.3 is 15.2 Å². The lowest BCUT2D eigenvalue weighted by atomic mass is 10.1. The van der Waals surface area contributed by atoms with Crippen LogP contribution in [0.15, 0.2) is 0 Å². The highest BCUT2D eigenvalue weighted by molar-refractivity contribution is 6.06. The first-order valence-electron chi connectivity index (χ1n) is 4.08. The number of aliphatic hydroxyl groups excluding tert-OH is 1. The second-order valence-corrected chi connectivity index (χ2v) is 3.20. The molecule has 0 aromatic carbocycles. The van der Waals surface area contributed by atoms with Crippen LogP contribution in [0.3, 0.4) is 0 Å². The highest BCUT2D eigenvalue weighted by atomic mass is 16.5. The van der Waals surface area contributed by atoms with E-state index in [9.17, 15) is 9.59 Å². The molecule has 2 aliphatic rings. The Labute approximate surface area is 74.2 Å². The van der Waals surface area contributed by atoms with Gasteiger partial charge in [-0.05, 0) is 6.42 Å². The van der Waals surface area contributed by atoms with Crippen molar-refractivity contribution in [3.05, 3.63) is 0 Å². The third-order valence-electron chi connectivity index (χ3n) is 2.30. The Kier molecular flexibility index (Phi) is 1.74. The Morgan fingerprint density at radius 3 is 2.85 bits per heavy atom. The molecule has 6 nitrogen and oxygen atoms in total. The fraction of sp³-hybridized carbons (Fsp3) is 0.714. The maximum atomic E-state index is 11.3. The molecule has 3 N–H and O–H groups in total. The van der Waals surface area contributed by atoms with Gasteiger partial charge in [-0.25, -0.2) is 4.79 Å². The standard InChI is InChI=1S/C7H10N2O4/c10-3-4-1-2-7(13-4)5(11)8-6(12)9-7/h4,10H,1-3H2,(H2,8,9,11,12). The number of aliphatic hydroxyl groups is 1. The van der Waals surface area contributed by atoms with Crippen LogP contribution in [0.5, 0.6) is 0 Å². The van der Waals surface area contributed by atoms with Crippen molar-refractivity contribution >= 4 is 11.9 Å². The van der Waals surface area contributed by atoms with E-state index < -0.39 is 17.7 Å². The lowest BCUT2D eigenvalue weighted by Gasteiger charge is -2.19. The zero-order valence-corrected chi connectivity index (χ0v) is 6.87. The maximum Gasteiger partial charge on any atom is 0.324 e. The Hall–Kier alpha value is -1.14. The van der Waals surface area contributed by atoms with Crippen molar-refractivity contribution < 1.29 is 19.4 Å². The quantitative estimate of drug-likeness (QED) is 0.444. The van der Waals surface area contributed by atoms with Gasteiger partial charge in [0.1, 0.15) is 0 Å². The highest BCUT2D eigenvalue weighted by Gasteiger charge is 2.52. The number of hydrogen-bond acceptors (Lipinski definition) is 4. The van der Waals surface area contributed by atoms with Crippen molar-refractivity contribution in [3.63, 3.8) is 0 Å². The van der Waals surface area contributed by atoms with E-state index in [-0.39, 0.29) is 12.7 Å². The van der Waals surface area contributed by atoms with E-state index in [1.54, 1.807) is 0 Å². The van der Waals surface area contributed by atoms with E-state index in [1.807, 2.05) is 0 Å². The van der Waals surface area contributed by atoms with E-state index in [4.69, 9.17) is 9.84 Å². The van der Waals surface area contributed by atoms with Gasteiger partial charge in [-0.1, -0.05) is 0 Å². The summed E-state index contributed by atoms with van der Waals surface area (Å²) in [5.41, 5.74) is -1.22. The second-order valence-electron chi connectivity index (χ2n) is 3.20. The van der Waals surface area contributed by atoms with Crippen molar-refractivity contribution in [1.82, 2.24) is 10.6 Å². The zero-order chi connectivity index (χ0) is 9.47. The van der Waals surface area contributed by atoms with Crippen LogP contribution < -0.4 is 10.6 Å². The Morgan fingerprint density at radius 1 is 1.62 bits per heavy atom. The molecule has 2 fully saturated rings. The van der Waals surface area contributed by atoms with Gasteiger partial charge >= 0.3 is 6.03 Å². The Bertz CT molecular complexity index is 267. The molecule has 0 radical (unpaired) electrons. The van der Waals surface area contributed by atoms with Crippen molar-refractivity contribution in [2.75, 3.05) is 6.61 Å². The Morgan fingerprint density at radius 2 is 2.38 bits per heavy atom. The number of rotatable bonds is 1. The minimum atomic E-state index is -1.22. The van der Waals surface area contributed by atoms with Crippen LogP contribution in [0.1, 0.15) is 12.8 Å². The summed E-state index contributed by atoms with van der Waals surface area (Å²) in [6, 6.07) is -0.538. The summed E-state index contributed by atoms with van der Waals surface area (Å²) < 4.78 is 5.25. The third-order valence-corrected chi connectivity index (χ3v) is 2.30. The number of urea groups is 1. The maximum absolute atomic E-state index is 11.3. The van der Waals surface area contributed by atoms with Gasteiger partial charge in [-0.3, -0.25) is 10.1 Å². The van der Waals surface area contributed by atoms with Gasteiger partial charge in [0, 0.05) is 6.42 Å². The molecule has 13 heavy (non-hydrogen) atoms. The van der Waals surface area contributed by atoms with Crippen LogP contribution in [-0.2, 0) is 9.53 Å². The number of carbonyl (C=O) groups is 2. The monoisotopic (exact) mass is 186 g/mol. The minimum absolute atomic E-state index is 0.134. The van der Waals surface area contributed by atoms with Crippen LogP contribution >= 0.6 is 0 Å². The zero-order valence-electron chi connectivity index (χ0n) is 6.87. The van der Waals surface area contributed by atoms with E-state index >= 15 is 0 Å². The van der Waals surface area contributed by atoms with Crippen LogP contribution in [0.2, 0.25) is 0 Å². The van der Waals surface area contributed by atoms with E-state index in [1.165, 1.54) is 0 Å². The van der Waals surface area contributed by atoms with Gasteiger partial charge in [0.05, 0.1) is 12.7 Å². The summed E-state index contributed by atoms with van der Waals surface area (Å²) in [6.45, 7) is -0.134. The molecule has 0 saturated carbocycles. The summed E-state index contributed by atoms with van der Waals surface area (Å²) in [7, 11) is 0. The molecule has 0 bridgehead atoms. The first-order chi connectivity index (χ1) is 6.16. The Balaban J connectivity index is 2.14. The van der Waals surface area contributed by atoms with E-state index in [0.717, 1.165) is 0 Å². The molecule has 0 aliphatic carbocycles. The predicted octanol–water partition coefficient (Wildman–Crippen LogP) is -1.31. The van der Waals surface area contributed by atoms with Gasteiger partial charge in [0.15, 0.2) is 0 Å². The molecule has 2 unspecified atom stereocenters. The van der Waals surface area contributed by atoms with Crippen molar-refractivity contribution in [2.24, 2.45) is 0 Å². The fourth-order valence-electron chi connectivity index (χ4n) is 1.63. The van der Waals surface area contributed by atoms with Crippen LogP contribution in [0.4, 0.5) is 4.79 Å². The summed E-state index contributed by atoms with van der Waals surface area (Å²) in [5.74, 6) is -0.464. The van der Waals surface area contributed by atoms with Crippen LogP contribution in [0, 0.1) is 0 Å². The summed E-state index contributed by atoms with van der Waals surface area (Å²) in [5, 5.41) is 13.3. The molecule has 2 atom stereocenters. The molecule has 2 heterocycles. The molecule has 2 rings (SSSR count). The number of hydrogen-bond donors (Lipinski definition) is 3. The number of ether oxygens (including phenoxy) is 1. The molecule has 1 spiro atoms. The number of carbonyl (C=O) groups excluding carboxylic acids is 2. The lowest BCUT2D eigenvalue weighted by molar-refractivity contribution is -0.144. The molecule has 3 amide bonds. The smallest absolute Gasteiger partial charge is 0.324 e. The molecule has 0 aromatic heterocycles. The fourth-order valence-corrected chi connectivity index (χ4v) is 1.63. The summed E-state index contributed by atoms with van der Waals surface area (Å²) in [4.78, 5) is 22.1. The predicted molar refractivity (Wildman–Crippen MR) is 40.6 cm³/mol. The largest absolute Gasteiger partial charge is 0.394 e. The summed E-state index contributed by atoms with van der Waals surface area (Å²) in [6.07, 6.45) is 0.629. The van der Waals surface area contributed by atoms with E-state index in [2.05, 4.69) is 10.6 Å². The minimum Gasteiger partial charge on any atom is -0.394 e. The van der Waals surface area contributed by atoms with Crippen LogP contribution in [0.25, 0.3) is 0 Å². The molecule has 0 aromatic rings. The molecule has 2 aliphatic heterocycles. The van der Waals surface area contributed by atoms with Crippen LogP contribution in [-0.4, -0.2) is 35.5 Å². The van der Waals surface area contributed by atoms with Gasteiger partial charge in [-0.15, -0.1) is 0 Å². The topological polar surface area (TPSA) is 87.7 Å². The van der Waals surface area contributed by atoms with Gasteiger partial charge in [0.2, 0.25) is 5.72 Å². The lowest BCUT2D eigenvalue weighted by Crippen LogP contribution is -2.46. The number of imide groups is 1. The number of amides is 3. The first kappa shape index (κ1) is 8.46. The van der Waals surface area contributed by atoms with Crippen molar-refractivity contribution in [1.29, 1.82) is 0 Å². The average molecular weight is 186 g/mol. The molecule has 2 saturated heterocycles. The van der Waals surface area contributed by atoms with Gasteiger partial charge in [-0.2, -0.15) is 0 Å². The molecule has 6 heteroatoms.